The summed E-state index contributed by atoms with van der Waals surface area (Å²) in [6, 6.07) is 5.36. The lowest BCUT2D eigenvalue weighted by atomic mass is 10.2. The second kappa shape index (κ2) is 7.48. The Bertz CT molecular complexity index is 856. The number of hydrogen-bond donors (Lipinski definition) is 2. The number of nitrogens with zero attached hydrogens (tertiary/aromatic N) is 1. The van der Waals surface area contributed by atoms with E-state index in [9.17, 15) is 13.2 Å². The predicted molar refractivity (Wildman–Crippen MR) is 94.1 cm³/mol. The molecule has 0 aliphatic heterocycles. The molecule has 0 bridgehead atoms. The van der Waals surface area contributed by atoms with Crippen LogP contribution in [0, 0.1) is 0 Å². The van der Waals surface area contributed by atoms with Gasteiger partial charge in [0.05, 0.1) is 27.5 Å². The van der Waals surface area contributed by atoms with Gasteiger partial charge >= 0.3 is 0 Å². The second-order valence-electron chi connectivity index (χ2n) is 5.23. The van der Waals surface area contributed by atoms with Gasteiger partial charge in [0.1, 0.15) is 4.90 Å². The van der Waals surface area contributed by atoms with E-state index >= 15 is 0 Å². The number of amides is 1. The Kier molecular flexibility index (Phi) is 5.82. The summed E-state index contributed by atoms with van der Waals surface area (Å²) in [5.74, 6) is -0.564. The zero-order valence-electron chi connectivity index (χ0n) is 12.9. The molecule has 0 saturated carbocycles. The molecular weight excluding hydrogens is 373 g/mol. The van der Waals surface area contributed by atoms with Gasteiger partial charge in [0, 0.05) is 12.2 Å². The number of halogens is 2. The van der Waals surface area contributed by atoms with Crippen LogP contribution in [-0.4, -0.2) is 25.4 Å². The van der Waals surface area contributed by atoms with Crippen molar-refractivity contribution in [2.45, 2.75) is 24.8 Å². The standard InChI is InChI=1S/C15H15Cl2N3O3S/c1-9(2)20-24(22,23)14-6-11(12(16)7-13(14)17)15(21)19-10-4-3-5-18-8-10/h3-9,20H,1-2H3,(H,19,21). The summed E-state index contributed by atoms with van der Waals surface area (Å²) >= 11 is 12.0. The van der Waals surface area contributed by atoms with Crippen molar-refractivity contribution in [1.29, 1.82) is 0 Å². The van der Waals surface area contributed by atoms with E-state index < -0.39 is 15.9 Å². The van der Waals surface area contributed by atoms with E-state index in [1.165, 1.54) is 12.3 Å². The molecule has 0 spiro atoms. The number of benzene rings is 1. The molecule has 0 atom stereocenters. The number of pyridine rings is 1. The molecule has 1 aromatic carbocycles. The van der Waals surface area contributed by atoms with Crippen molar-refractivity contribution in [3.8, 4) is 0 Å². The zero-order chi connectivity index (χ0) is 17.9. The number of sulfonamides is 1. The summed E-state index contributed by atoms with van der Waals surface area (Å²) in [5.41, 5.74) is 0.451. The molecule has 24 heavy (non-hydrogen) atoms. The van der Waals surface area contributed by atoms with Gasteiger partial charge < -0.3 is 5.32 Å². The SMILES string of the molecule is CC(C)NS(=O)(=O)c1cc(C(=O)Nc2cccnc2)c(Cl)cc1Cl. The van der Waals surface area contributed by atoms with Crippen LogP contribution in [0.25, 0.3) is 0 Å². The maximum atomic E-state index is 12.4. The quantitative estimate of drug-likeness (QED) is 0.823. The van der Waals surface area contributed by atoms with E-state index in [0.717, 1.165) is 6.07 Å². The summed E-state index contributed by atoms with van der Waals surface area (Å²) in [4.78, 5) is 16.0. The Hall–Kier alpha value is -1.67. The fourth-order valence-electron chi connectivity index (χ4n) is 1.92. The van der Waals surface area contributed by atoms with Crippen LogP contribution in [0.2, 0.25) is 10.0 Å². The molecule has 2 N–H and O–H groups in total. The van der Waals surface area contributed by atoms with Crippen molar-refractivity contribution in [3.05, 3.63) is 52.3 Å². The molecule has 0 radical (unpaired) electrons. The van der Waals surface area contributed by atoms with Crippen LogP contribution in [0.3, 0.4) is 0 Å². The molecule has 0 aliphatic rings. The predicted octanol–water partition coefficient (Wildman–Crippen LogP) is 3.33. The lowest BCUT2D eigenvalue weighted by Crippen LogP contribution is -2.30. The van der Waals surface area contributed by atoms with Crippen LogP contribution in [-0.2, 0) is 10.0 Å². The first-order valence-corrected chi connectivity index (χ1v) is 9.17. The Morgan fingerprint density at radius 1 is 1.21 bits per heavy atom. The smallest absolute Gasteiger partial charge is 0.257 e. The zero-order valence-corrected chi connectivity index (χ0v) is 15.2. The lowest BCUT2D eigenvalue weighted by Gasteiger charge is -2.13. The van der Waals surface area contributed by atoms with Gasteiger partial charge in [-0.05, 0) is 38.1 Å². The van der Waals surface area contributed by atoms with E-state index in [2.05, 4.69) is 15.0 Å². The minimum absolute atomic E-state index is 0.00551. The van der Waals surface area contributed by atoms with E-state index in [1.807, 2.05) is 0 Å². The monoisotopic (exact) mass is 387 g/mol. The van der Waals surface area contributed by atoms with Gasteiger partial charge in [0.2, 0.25) is 10.0 Å². The molecule has 0 fully saturated rings. The maximum Gasteiger partial charge on any atom is 0.257 e. The van der Waals surface area contributed by atoms with E-state index in [-0.39, 0.29) is 26.5 Å². The molecule has 1 amide bonds. The van der Waals surface area contributed by atoms with Crippen molar-refractivity contribution in [3.63, 3.8) is 0 Å². The molecule has 0 unspecified atom stereocenters. The van der Waals surface area contributed by atoms with Crippen LogP contribution in [0.1, 0.15) is 24.2 Å². The van der Waals surface area contributed by atoms with Gasteiger partial charge in [-0.25, -0.2) is 13.1 Å². The van der Waals surface area contributed by atoms with Crippen molar-refractivity contribution >= 4 is 44.8 Å². The molecule has 9 heteroatoms. The highest BCUT2D eigenvalue weighted by molar-refractivity contribution is 7.89. The van der Waals surface area contributed by atoms with Crippen LogP contribution >= 0.6 is 23.2 Å². The number of nitrogens with one attached hydrogen (secondary N) is 2. The largest absolute Gasteiger partial charge is 0.321 e. The Balaban J connectivity index is 2.41. The first-order chi connectivity index (χ1) is 11.2. The highest BCUT2D eigenvalue weighted by atomic mass is 35.5. The molecular formula is C15H15Cl2N3O3S. The van der Waals surface area contributed by atoms with E-state index in [1.54, 1.807) is 32.2 Å². The van der Waals surface area contributed by atoms with Crippen molar-refractivity contribution in [1.82, 2.24) is 9.71 Å². The van der Waals surface area contributed by atoms with Gasteiger partial charge in [0.25, 0.3) is 5.91 Å². The first-order valence-electron chi connectivity index (χ1n) is 6.93. The fourth-order valence-corrected chi connectivity index (χ4v) is 4.03. The number of carbonyl (C=O) groups excluding carboxylic acids is 1. The number of hydrogen-bond acceptors (Lipinski definition) is 4. The Morgan fingerprint density at radius 2 is 1.92 bits per heavy atom. The van der Waals surface area contributed by atoms with Crippen molar-refractivity contribution in [2.75, 3.05) is 5.32 Å². The van der Waals surface area contributed by atoms with E-state index in [0.29, 0.717) is 5.69 Å². The lowest BCUT2D eigenvalue weighted by molar-refractivity contribution is 0.102. The van der Waals surface area contributed by atoms with Gasteiger partial charge in [-0.15, -0.1) is 0 Å². The first kappa shape index (κ1) is 18.7. The maximum absolute atomic E-state index is 12.4. The average Bonchev–Trinajstić information content (AvgIpc) is 2.46. The molecule has 1 aromatic heterocycles. The highest BCUT2D eigenvalue weighted by Gasteiger charge is 2.23. The number of carbonyl (C=O) groups is 1. The molecule has 1 heterocycles. The summed E-state index contributed by atoms with van der Waals surface area (Å²) in [7, 11) is -3.87. The van der Waals surface area contributed by atoms with Crippen molar-refractivity contribution in [2.24, 2.45) is 0 Å². The molecule has 0 aliphatic carbocycles. The third-order valence-electron chi connectivity index (χ3n) is 2.87. The molecule has 6 nitrogen and oxygen atoms in total. The summed E-state index contributed by atoms with van der Waals surface area (Å²) in [6.07, 6.45) is 3.02. The summed E-state index contributed by atoms with van der Waals surface area (Å²) in [6.45, 7) is 3.36. The van der Waals surface area contributed by atoms with Crippen molar-refractivity contribution < 1.29 is 13.2 Å². The minimum atomic E-state index is -3.87. The van der Waals surface area contributed by atoms with Crippen LogP contribution in [0.5, 0.6) is 0 Å². The van der Waals surface area contributed by atoms with Crippen LogP contribution in [0.15, 0.2) is 41.6 Å². The average molecular weight is 388 g/mol. The molecule has 128 valence electrons. The molecule has 0 saturated heterocycles. The number of anilines is 1. The topological polar surface area (TPSA) is 88.2 Å². The van der Waals surface area contributed by atoms with Crippen LogP contribution < -0.4 is 10.0 Å². The number of aromatic nitrogens is 1. The fraction of sp³-hybridized carbons (Fsp3) is 0.200. The van der Waals surface area contributed by atoms with Gasteiger partial charge in [-0.3, -0.25) is 9.78 Å². The third-order valence-corrected chi connectivity index (χ3v) is 5.30. The normalized spacial score (nSPS) is 11.5. The Morgan fingerprint density at radius 3 is 2.50 bits per heavy atom. The minimum Gasteiger partial charge on any atom is -0.321 e. The third kappa shape index (κ3) is 4.45. The number of rotatable bonds is 5. The van der Waals surface area contributed by atoms with Gasteiger partial charge in [-0.2, -0.15) is 0 Å². The Labute approximate surface area is 150 Å². The summed E-state index contributed by atoms with van der Waals surface area (Å²) < 4.78 is 27.1. The highest BCUT2D eigenvalue weighted by Crippen LogP contribution is 2.29. The van der Waals surface area contributed by atoms with Gasteiger partial charge in [0.15, 0.2) is 0 Å². The molecule has 2 aromatic rings. The van der Waals surface area contributed by atoms with E-state index in [4.69, 9.17) is 23.2 Å². The second-order valence-corrected chi connectivity index (χ2v) is 7.73. The summed E-state index contributed by atoms with van der Waals surface area (Å²) in [5, 5.41) is 2.58. The van der Waals surface area contributed by atoms with Gasteiger partial charge in [-0.1, -0.05) is 23.2 Å². The van der Waals surface area contributed by atoms with Crippen LogP contribution in [0.4, 0.5) is 5.69 Å². The molecule has 2 rings (SSSR count).